The number of hydrogen-bond donors (Lipinski definition) is 3. The number of carbonyl (C=O) groups excluding carboxylic acids is 3. The molecule has 0 bridgehead atoms. The Hall–Kier alpha value is -2.90. The number of carboxylic acids is 1. The zero-order valence-corrected chi connectivity index (χ0v) is 11.8. The van der Waals surface area contributed by atoms with Gasteiger partial charge in [-0.25, -0.2) is 4.79 Å². The number of imide groups is 1. The van der Waals surface area contributed by atoms with Crippen LogP contribution >= 0.6 is 0 Å². The zero-order chi connectivity index (χ0) is 16.4. The van der Waals surface area contributed by atoms with E-state index in [9.17, 15) is 24.3 Å². The lowest BCUT2D eigenvalue weighted by atomic mass is 10.1. The van der Waals surface area contributed by atoms with Gasteiger partial charge in [0, 0.05) is 19.2 Å². The standard InChI is InChI=1S/C14H15N3O5/c1-16-8-4-2-3-7-11(8)13(20)17(12(7)19)9(14(21)22)5-6-10(15)18/h2-4,9,16H,5-6H2,1H3,(H2,15,18)(H,21,22). The summed E-state index contributed by atoms with van der Waals surface area (Å²) in [6.07, 6.45) is -0.450. The fraction of sp³-hybridized carbons (Fsp3) is 0.286. The van der Waals surface area contributed by atoms with Crippen molar-refractivity contribution >= 4 is 29.4 Å². The van der Waals surface area contributed by atoms with Crippen LogP contribution in [0.1, 0.15) is 33.6 Å². The van der Waals surface area contributed by atoms with Gasteiger partial charge in [0.25, 0.3) is 11.8 Å². The predicted octanol–water partition coefficient (Wildman–Crippen LogP) is 0.0430. The van der Waals surface area contributed by atoms with Crippen LogP contribution in [-0.2, 0) is 9.59 Å². The number of benzene rings is 1. The molecule has 3 amide bonds. The van der Waals surface area contributed by atoms with Crippen molar-refractivity contribution in [2.75, 3.05) is 12.4 Å². The van der Waals surface area contributed by atoms with Gasteiger partial charge in [0.15, 0.2) is 0 Å². The zero-order valence-electron chi connectivity index (χ0n) is 11.8. The van der Waals surface area contributed by atoms with E-state index in [1.807, 2.05) is 0 Å². The topological polar surface area (TPSA) is 130 Å². The molecule has 8 nitrogen and oxygen atoms in total. The molecule has 0 fully saturated rings. The van der Waals surface area contributed by atoms with Crippen molar-refractivity contribution in [3.05, 3.63) is 29.3 Å². The number of amides is 3. The van der Waals surface area contributed by atoms with E-state index in [0.717, 1.165) is 0 Å². The lowest BCUT2D eigenvalue weighted by Crippen LogP contribution is -2.45. The molecule has 1 heterocycles. The number of nitrogens with two attached hydrogens (primary N) is 1. The number of hydrogen-bond acceptors (Lipinski definition) is 5. The summed E-state index contributed by atoms with van der Waals surface area (Å²) in [5.74, 6) is -3.43. The van der Waals surface area contributed by atoms with Gasteiger partial charge in [0.2, 0.25) is 5.91 Å². The minimum Gasteiger partial charge on any atom is -0.480 e. The molecule has 0 saturated heterocycles. The van der Waals surface area contributed by atoms with E-state index < -0.39 is 29.7 Å². The second kappa shape index (κ2) is 5.84. The third-order valence-corrected chi connectivity index (χ3v) is 3.48. The minimum atomic E-state index is -1.43. The molecule has 1 aromatic carbocycles. The van der Waals surface area contributed by atoms with Gasteiger partial charge in [-0.3, -0.25) is 19.3 Å². The molecule has 1 atom stereocenters. The highest BCUT2D eigenvalue weighted by molar-refractivity contribution is 6.24. The van der Waals surface area contributed by atoms with Crippen molar-refractivity contribution in [1.82, 2.24) is 4.90 Å². The highest BCUT2D eigenvalue weighted by Gasteiger charge is 2.43. The molecule has 0 aliphatic carbocycles. The van der Waals surface area contributed by atoms with Crippen LogP contribution < -0.4 is 11.1 Å². The average Bonchev–Trinajstić information content (AvgIpc) is 2.72. The summed E-state index contributed by atoms with van der Waals surface area (Å²) >= 11 is 0. The fourth-order valence-electron chi connectivity index (χ4n) is 2.44. The van der Waals surface area contributed by atoms with Crippen LogP contribution in [-0.4, -0.2) is 46.8 Å². The Bertz CT molecular complexity index is 670. The second-order valence-electron chi connectivity index (χ2n) is 4.82. The van der Waals surface area contributed by atoms with Crippen LogP contribution in [0.15, 0.2) is 18.2 Å². The highest BCUT2D eigenvalue weighted by Crippen LogP contribution is 2.31. The van der Waals surface area contributed by atoms with E-state index in [1.54, 1.807) is 19.2 Å². The van der Waals surface area contributed by atoms with Crippen LogP contribution in [0.4, 0.5) is 5.69 Å². The molecule has 2 rings (SSSR count). The van der Waals surface area contributed by atoms with E-state index in [2.05, 4.69) is 5.32 Å². The van der Waals surface area contributed by atoms with Crippen molar-refractivity contribution in [1.29, 1.82) is 0 Å². The van der Waals surface area contributed by atoms with Gasteiger partial charge >= 0.3 is 5.97 Å². The van der Waals surface area contributed by atoms with Gasteiger partial charge < -0.3 is 16.2 Å². The van der Waals surface area contributed by atoms with E-state index >= 15 is 0 Å². The first kappa shape index (κ1) is 15.5. The van der Waals surface area contributed by atoms with Crippen molar-refractivity contribution in [3.63, 3.8) is 0 Å². The van der Waals surface area contributed by atoms with E-state index in [4.69, 9.17) is 5.73 Å². The van der Waals surface area contributed by atoms with Gasteiger partial charge in [-0.1, -0.05) is 6.07 Å². The Kier molecular flexibility index (Phi) is 4.11. The molecule has 4 N–H and O–H groups in total. The number of rotatable bonds is 6. The summed E-state index contributed by atoms with van der Waals surface area (Å²) in [5.41, 5.74) is 5.73. The molecule has 1 unspecified atom stereocenters. The summed E-state index contributed by atoms with van der Waals surface area (Å²) in [7, 11) is 1.60. The van der Waals surface area contributed by atoms with Gasteiger partial charge in [-0.15, -0.1) is 0 Å². The van der Waals surface area contributed by atoms with Crippen LogP contribution in [0.2, 0.25) is 0 Å². The summed E-state index contributed by atoms with van der Waals surface area (Å²) < 4.78 is 0. The normalized spacial score (nSPS) is 14.7. The molecule has 0 radical (unpaired) electrons. The van der Waals surface area contributed by atoms with Crippen molar-refractivity contribution < 1.29 is 24.3 Å². The maximum atomic E-state index is 12.5. The van der Waals surface area contributed by atoms with Gasteiger partial charge in [0.1, 0.15) is 6.04 Å². The third-order valence-electron chi connectivity index (χ3n) is 3.48. The SMILES string of the molecule is CNc1cccc2c1C(=O)N(C(CCC(N)=O)C(=O)O)C2=O. The Balaban J connectivity index is 2.41. The largest absolute Gasteiger partial charge is 0.480 e. The predicted molar refractivity (Wildman–Crippen MR) is 76.3 cm³/mol. The number of aliphatic carboxylic acids is 1. The summed E-state index contributed by atoms with van der Waals surface area (Å²) in [4.78, 5) is 47.7. The van der Waals surface area contributed by atoms with Crippen LogP contribution in [0, 0.1) is 0 Å². The first-order valence-electron chi connectivity index (χ1n) is 6.58. The fourth-order valence-corrected chi connectivity index (χ4v) is 2.44. The van der Waals surface area contributed by atoms with Crippen LogP contribution in [0.5, 0.6) is 0 Å². The molecule has 0 aromatic heterocycles. The molecule has 1 aromatic rings. The Labute approximate surface area is 125 Å². The van der Waals surface area contributed by atoms with Gasteiger partial charge in [-0.05, 0) is 18.6 Å². The Morgan fingerprint density at radius 1 is 1.32 bits per heavy atom. The van der Waals surface area contributed by atoms with E-state index in [-0.39, 0.29) is 24.0 Å². The minimum absolute atomic E-state index is 0.139. The first-order chi connectivity index (χ1) is 10.4. The maximum absolute atomic E-state index is 12.5. The molecule has 0 spiro atoms. The van der Waals surface area contributed by atoms with E-state index in [1.165, 1.54) is 6.07 Å². The number of primary amides is 1. The quantitative estimate of drug-likeness (QED) is 0.636. The van der Waals surface area contributed by atoms with Crippen molar-refractivity contribution in [3.8, 4) is 0 Å². The number of carbonyl (C=O) groups is 4. The molecule has 0 saturated carbocycles. The highest BCUT2D eigenvalue weighted by atomic mass is 16.4. The van der Waals surface area contributed by atoms with Crippen molar-refractivity contribution in [2.45, 2.75) is 18.9 Å². The summed E-state index contributed by atoms with van der Waals surface area (Å²) in [5, 5.41) is 12.1. The Morgan fingerprint density at radius 2 is 2.00 bits per heavy atom. The van der Waals surface area contributed by atoms with Crippen LogP contribution in [0.25, 0.3) is 0 Å². The molecular formula is C14H15N3O5. The lowest BCUT2D eigenvalue weighted by Gasteiger charge is -2.22. The monoisotopic (exact) mass is 305 g/mol. The Morgan fingerprint density at radius 3 is 2.55 bits per heavy atom. The van der Waals surface area contributed by atoms with E-state index in [0.29, 0.717) is 10.6 Å². The van der Waals surface area contributed by atoms with Crippen molar-refractivity contribution in [2.24, 2.45) is 5.73 Å². The average molecular weight is 305 g/mol. The third kappa shape index (κ3) is 2.50. The summed E-state index contributed by atoms with van der Waals surface area (Å²) in [6, 6.07) is 3.25. The molecule has 116 valence electrons. The van der Waals surface area contributed by atoms with Gasteiger partial charge in [-0.2, -0.15) is 0 Å². The second-order valence-corrected chi connectivity index (χ2v) is 4.82. The molecule has 8 heteroatoms. The molecule has 1 aliphatic rings. The number of nitrogens with one attached hydrogen (secondary N) is 1. The maximum Gasteiger partial charge on any atom is 0.326 e. The number of anilines is 1. The number of carboxylic acid groups (broad SMARTS) is 1. The molecule has 1 aliphatic heterocycles. The molecule has 22 heavy (non-hydrogen) atoms. The molecular weight excluding hydrogens is 290 g/mol. The number of fused-ring (bicyclic) bond motifs is 1. The lowest BCUT2D eigenvalue weighted by molar-refractivity contribution is -0.141. The smallest absolute Gasteiger partial charge is 0.326 e. The first-order valence-corrected chi connectivity index (χ1v) is 6.58. The van der Waals surface area contributed by atoms with Crippen LogP contribution in [0.3, 0.4) is 0 Å². The number of nitrogens with zero attached hydrogens (tertiary/aromatic N) is 1. The van der Waals surface area contributed by atoms with Gasteiger partial charge in [0.05, 0.1) is 11.1 Å². The summed E-state index contributed by atoms with van der Waals surface area (Å²) in [6.45, 7) is 0.